The maximum Gasteiger partial charge on any atom is 0.203 e. The van der Waals surface area contributed by atoms with Crippen LogP contribution in [0.25, 0.3) is 11.3 Å². The van der Waals surface area contributed by atoms with Crippen molar-refractivity contribution >= 4 is 21.9 Å². The van der Waals surface area contributed by atoms with Crippen molar-refractivity contribution in [3.8, 4) is 11.3 Å². The van der Waals surface area contributed by atoms with Crippen molar-refractivity contribution in [2.24, 2.45) is 7.05 Å². The van der Waals surface area contributed by atoms with Crippen molar-refractivity contribution in [1.82, 2.24) is 9.55 Å². The smallest absolute Gasteiger partial charge is 0.203 e. The molecule has 3 aromatic rings. The largest absolute Gasteiger partial charge is 0.352 e. The molecule has 2 aromatic carbocycles. The molecule has 112 valence electrons. The van der Waals surface area contributed by atoms with E-state index in [4.69, 9.17) is 0 Å². The highest BCUT2D eigenvalue weighted by Crippen LogP contribution is 2.22. The van der Waals surface area contributed by atoms with Gasteiger partial charge in [-0.15, -0.1) is 0 Å². The minimum atomic E-state index is -0.237. The first-order valence-corrected chi connectivity index (χ1v) is 7.69. The van der Waals surface area contributed by atoms with E-state index in [9.17, 15) is 4.39 Å². The van der Waals surface area contributed by atoms with Gasteiger partial charge in [0.05, 0.1) is 11.9 Å². The van der Waals surface area contributed by atoms with Crippen molar-refractivity contribution in [2.45, 2.75) is 6.54 Å². The molecule has 0 fully saturated rings. The van der Waals surface area contributed by atoms with Crippen LogP contribution in [0.4, 0.5) is 10.3 Å². The van der Waals surface area contributed by atoms with Gasteiger partial charge in [-0.25, -0.2) is 9.37 Å². The van der Waals surface area contributed by atoms with Gasteiger partial charge in [-0.2, -0.15) is 0 Å². The number of imidazole rings is 1. The Bertz CT molecular complexity index is 764. The molecule has 0 bridgehead atoms. The van der Waals surface area contributed by atoms with E-state index in [1.54, 1.807) is 18.3 Å². The lowest BCUT2D eigenvalue weighted by molar-refractivity contribution is 0.628. The lowest BCUT2D eigenvalue weighted by atomic mass is 10.2. The maximum atomic E-state index is 13.0. The summed E-state index contributed by atoms with van der Waals surface area (Å²) < 4.78 is 16.0. The summed E-state index contributed by atoms with van der Waals surface area (Å²) >= 11 is 3.42. The zero-order valence-electron chi connectivity index (χ0n) is 12.1. The summed E-state index contributed by atoms with van der Waals surface area (Å²) in [5.41, 5.74) is 3.06. The molecule has 0 atom stereocenters. The summed E-state index contributed by atoms with van der Waals surface area (Å²) in [6.45, 7) is 0.695. The van der Waals surface area contributed by atoms with Crippen LogP contribution in [-0.2, 0) is 13.6 Å². The quantitative estimate of drug-likeness (QED) is 0.737. The lowest BCUT2D eigenvalue weighted by Gasteiger charge is -2.08. The standard InChI is InChI=1S/C17H15BrFN3/c1-22-16(13-4-8-15(19)9-5-13)11-21-17(22)20-10-12-2-6-14(18)7-3-12/h2-9,11H,10H2,1H3,(H,20,21). The monoisotopic (exact) mass is 359 g/mol. The number of halogens is 2. The highest BCUT2D eigenvalue weighted by Gasteiger charge is 2.08. The number of benzene rings is 2. The molecule has 0 aliphatic carbocycles. The number of aromatic nitrogens is 2. The van der Waals surface area contributed by atoms with Crippen LogP contribution in [0, 0.1) is 5.82 Å². The Morgan fingerprint density at radius 1 is 1.09 bits per heavy atom. The second kappa shape index (κ2) is 6.32. The Balaban J connectivity index is 1.75. The normalized spacial score (nSPS) is 10.7. The zero-order chi connectivity index (χ0) is 15.5. The highest BCUT2D eigenvalue weighted by molar-refractivity contribution is 9.10. The molecule has 22 heavy (non-hydrogen) atoms. The van der Waals surface area contributed by atoms with E-state index in [1.165, 1.54) is 17.7 Å². The first-order chi connectivity index (χ1) is 10.6. The SMILES string of the molecule is Cn1c(-c2ccc(F)cc2)cnc1NCc1ccc(Br)cc1. The molecular weight excluding hydrogens is 345 g/mol. The molecule has 1 N–H and O–H groups in total. The molecule has 3 rings (SSSR count). The topological polar surface area (TPSA) is 29.9 Å². The van der Waals surface area contributed by atoms with Crippen molar-refractivity contribution in [3.05, 3.63) is 70.6 Å². The number of rotatable bonds is 4. The number of nitrogens with zero attached hydrogens (tertiary/aromatic N) is 2. The molecule has 0 amide bonds. The molecule has 0 saturated carbocycles. The fraction of sp³-hybridized carbons (Fsp3) is 0.118. The average Bonchev–Trinajstić information content (AvgIpc) is 2.89. The van der Waals surface area contributed by atoms with E-state index >= 15 is 0 Å². The lowest BCUT2D eigenvalue weighted by Crippen LogP contribution is -2.05. The Morgan fingerprint density at radius 2 is 1.77 bits per heavy atom. The molecule has 0 spiro atoms. The molecule has 0 aliphatic heterocycles. The molecule has 0 unspecified atom stereocenters. The first-order valence-electron chi connectivity index (χ1n) is 6.89. The van der Waals surface area contributed by atoms with E-state index in [-0.39, 0.29) is 5.82 Å². The van der Waals surface area contributed by atoms with E-state index in [0.29, 0.717) is 6.54 Å². The van der Waals surface area contributed by atoms with E-state index < -0.39 is 0 Å². The van der Waals surface area contributed by atoms with Gasteiger partial charge >= 0.3 is 0 Å². The van der Waals surface area contributed by atoms with Gasteiger partial charge in [0.2, 0.25) is 5.95 Å². The van der Waals surface area contributed by atoms with Crippen molar-refractivity contribution in [1.29, 1.82) is 0 Å². The summed E-state index contributed by atoms with van der Waals surface area (Å²) in [6.07, 6.45) is 1.79. The molecule has 0 aliphatic rings. The van der Waals surface area contributed by atoms with Crippen LogP contribution < -0.4 is 5.32 Å². The molecule has 0 saturated heterocycles. The van der Waals surface area contributed by atoms with E-state index in [0.717, 1.165) is 21.7 Å². The average molecular weight is 360 g/mol. The number of nitrogens with one attached hydrogen (secondary N) is 1. The minimum Gasteiger partial charge on any atom is -0.352 e. The molecular formula is C17H15BrFN3. The Hall–Kier alpha value is -2.14. The van der Waals surface area contributed by atoms with Gasteiger partial charge in [0.25, 0.3) is 0 Å². The van der Waals surface area contributed by atoms with E-state index in [2.05, 4.69) is 38.4 Å². The summed E-state index contributed by atoms with van der Waals surface area (Å²) in [5, 5.41) is 3.31. The van der Waals surface area contributed by atoms with Crippen molar-refractivity contribution in [3.63, 3.8) is 0 Å². The van der Waals surface area contributed by atoms with Gasteiger partial charge in [0, 0.05) is 23.6 Å². The predicted octanol–water partition coefficient (Wildman–Crippen LogP) is 4.60. The molecule has 1 heterocycles. The number of anilines is 1. The number of hydrogen-bond acceptors (Lipinski definition) is 2. The van der Waals surface area contributed by atoms with Gasteiger partial charge in [0.15, 0.2) is 0 Å². The summed E-state index contributed by atoms with van der Waals surface area (Å²) in [7, 11) is 1.94. The molecule has 3 nitrogen and oxygen atoms in total. The van der Waals surface area contributed by atoms with Gasteiger partial charge in [0.1, 0.15) is 5.82 Å². The fourth-order valence-electron chi connectivity index (χ4n) is 2.25. The Labute approximate surface area is 136 Å². The predicted molar refractivity (Wildman–Crippen MR) is 90.1 cm³/mol. The summed E-state index contributed by atoms with van der Waals surface area (Å²) in [6, 6.07) is 14.6. The number of hydrogen-bond donors (Lipinski definition) is 1. The zero-order valence-corrected chi connectivity index (χ0v) is 13.6. The molecule has 1 aromatic heterocycles. The van der Waals surface area contributed by atoms with Crippen LogP contribution in [0.3, 0.4) is 0 Å². The second-order valence-corrected chi connectivity index (χ2v) is 5.93. The van der Waals surface area contributed by atoms with Gasteiger partial charge < -0.3 is 9.88 Å². The summed E-state index contributed by atoms with van der Waals surface area (Å²) in [4.78, 5) is 4.40. The Morgan fingerprint density at radius 3 is 2.45 bits per heavy atom. The third-order valence-corrected chi connectivity index (χ3v) is 4.02. The second-order valence-electron chi connectivity index (χ2n) is 5.01. The Kier molecular flexibility index (Phi) is 4.24. The van der Waals surface area contributed by atoms with Crippen LogP contribution in [0.15, 0.2) is 59.2 Å². The first kappa shape index (κ1) is 14.8. The van der Waals surface area contributed by atoms with Crippen LogP contribution in [0.1, 0.15) is 5.56 Å². The molecule has 0 radical (unpaired) electrons. The van der Waals surface area contributed by atoms with E-state index in [1.807, 2.05) is 23.7 Å². The van der Waals surface area contributed by atoms with Crippen LogP contribution in [-0.4, -0.2) is 9.55 Å². The van der Waals surface area contributed by atoms with Crippen LogP contribution in [0.2, 0.25) is 0 Å². The minimum absolute atomic E-state index is 0.237. The summed E-state index contributed by atoms with van der Waals surface area (Å²) in [5.74, 6) is 0.543. The maximum absolute atomic E-state index is 13.0. The highest BCUT2D eigenvalue weighted by atomic mass is 79.9. The van der Waals surface area contributed by atoms with Gasteiger partial charge in [-0.05, 0) is 42.0 Å². The van der Waals surface area contributed by atoms with Gasteiger partial charge in [-0.3, -0.25) is 0 Å². The van der Waals surface area contributed by atoms with Crippen LogP contribution in [0.5, 0.6) is 0 Å². The van der Waals surface area contributed by atoms with Gasteiger partial charge in [-0.1, -0.05) is 28.1 Å². The van der Waals surface area contributed by atoms with Crippen molar-refractivity contribution in [2.75, 3.05) is 5.32 Å². The molecule has 5 heteroatoms. The fourth-order valence-corrected chi connectivity index (χ4v) is 2.51. The van der Waals surface area contributed by atoms with Crippen LogP contribution >= 0.6 is 15.9 Å². The third-order valence-electron chi connectivity index (χ3n) is 3.49. The van der Waals surface area contributed by atoms with Crippen molar-refractivity contribution < 1.29 is 4.39 Å². The third kappa shape index (κ3) is 3.20.